The molecule has 88 heavy (non-hydrogen) atoms. The van der Waals surface area contributed by atoms with Crippen LogP contribution in [-0.2, 0) is 51.8 Å². The molecule has 6 atom stereocenters. The third kappa shape index (κ3) is 19.7. The van der Waals surface area contributed by atoms with Crippen LogP contribution in [0.2, 0.25) is 10.0 Å². The maximum absolute atomic E-state index is 15.6. The summed E-state index contributed by atoms with van der Waals surface area (Å²) in [6.07, 6.45) is 5.37. The number of halogens is 4. The molecule has 4 aromatic carbocycles. The van der Waals surface area contributed by atoms with Crippen LogP contribution in [0.4, 0.5) is 18.4 Å². The molecule has 0 radical (unpaired) electrons. The van der Waals surface area contributed by atoms with Crippen LogP contribution in [0.15, 0.2) is 70.5 Å². The van der Waals surface area contributed by atoms with Crippen molar-refractivity contribution in [3.8, 4) is 11.5 Å². The van der Waals surface area contributed by atoms with E-state index >= 15 is 8.78 Å². The van der Waals surface area contributed by atoms with Crippen molar-refractivity contribution in [2.24, 2.45) is 11.5 Å². The zero-order valence-corrected chi connectivity index (χ0v) is 53.0. The number of likely N-dealkylation sites (tertiary alicyclic amines) is 2. The molecule has 0 saturated carbocycles. The number of unbranched alkanes of at least 4 members (excludes halogenated alkanes) is 1. The summed E-state index contributed by atoms with van der Waals surface area (Å²) < 4.78 is 123. The van der Waals surface area contributed by atoms with E-state index in [1.54, 1.807) is 0 Å². The number of benzene rings is 4. The fraction of sp³-hybridized carbons (Fsp3) is 0.567. The second-order valence-electron chi connectivity index (χ2n) is 22.5. The van der Waals surface area contributed by atoms with Gasteiger partial charge in [0.05, 0.1) is 74.7 Å². The lowest BCUT2D eigenvalue weighted by molar-refractivity contribution is 0.0516. The maximum atomic E-state index is 15.6. The molecule has 4 aliphatic rings. The zero-order valence-electron chi connectivity index (χ0n) is 49.9. The summed E-state index contributed by atoms with van der Waals surface area (Å²) in [6.45, 7) is 9.51. The van der Waals surface area contributed by atoms with E-state index in [0.29, 0.717) is 61.9 Å². The lowest BCUT2D eigenvalue weighted by Crippen LogP contribution is -2.49. The number of amides is 4. The smallest absolute Gasteiger partial charge is 0.314 e. The Morgan fingerprint density at radius 3 is 1.30 bits per heavy atom. The minimum absolute atomic E-state index is 0.0372. The molecule has 4 amide bonds. The first-order valence-electron chi connectivity index (χ1n) is 30.1. The van der Waals surface area contributed by atoms with E-state index in [0.717, 1.165) is 84.3 Å². The second-order valence-corrected chi connectivity index (χ2v) is 26.9. The van der Waals surface area contributed by atoms with Crippen molar-refractivity contribution in [3.63, 3.8) is 0 Å². The maximum Gasteiger partial charge on any atom is 0.314 e. The molecular formula is C60H84Cl2F2N10O12S2. The third-order valence-corrected chi connectivity index (χ3v) is 19.3. The van der Waals surface area contributed by atoms with Gasteiger partial charge in [-0.2, -0.15) is 0 Å². The number of nitrogens with two attached hydrogens (primary N) is 2. The largest absolute Gasteiger partial charge is 0.481 e. The lowest BCUT2D eigenvalue weighted by Gasteiger charge is -2.38. The fourth-order valence-electron chi connectivity index (χ4n) is 11.6. The van der Waals surface area contributed by atoms with Crippen molar-refractivity contribution in [1.29, 1.82) is 0 Å². The van der Waals surface area contributed by atoms with Crippen LogP contribution in [0.3, 0.4) is 0 Å². The molecule has 2 aliphatic heterocycles. The Morgan fingerprint density at radius 2 is 0.920 bits per heavy atom. The number of fused-ring (bicyclic) bond motifs is 2. The van der Waals surface area contributed by atoms with Crippen molar-refractivity contribution >= 4 is 55.3 Å². The van der Waals surface area contributed by atoms with Gasteiger partial charge in [-0.25, -0.2) is 44.6 Å². The van der Waals surface area contributed by atoms with Gasteiger partial charge in [-0.3, -0.25) is 9.80 Å². The molecule has 2 fully saturated rings. The molecule has 2 heterocycles. The van der Waals surface area contributed by atoms with Crippen LogP contribution in [0.25, 0.3) is 0 Å². The number of hydrogen-bond donors (Lipinski definition) is 8. The molecule has 2 saturated heterocycles. The summed E-state index contributed by atoms with van der Waals surface area (Å²) >= 11 is 12.9. The normalized spacial score (nSPS) is 20.5. The molecule has 0 unspecified atom stereocenters. The SMILES string of the molecule is Cc1cc(Cl)cc2c1C[C@H](N1CCC[C@@H](N)C1)[C@H]2Oc1ccc(S(=O)(=O)NCCOCCOCCNC(=O)NCCCCNC(=O)NCCOCCOCCNS(=O)(=O)c2ccc(O[C@H]3c4cc(Cl)cc(C)c4C[C@@H]3N3CCC[C@@H](N)C3)c(F)c2)cc1F. The average molecular weight is 1310 g/mol. The van der Waals surface area contributed by atoms with Gasteiger partial charge in [0.25, 0.3) is 0 Å². The van der Waals surface area contributed by atoms with Crippen LogP contribution in [0, 0.1) is 25.5 Å². The molecule has 22 nitrogen and oxygen atoms in total. The number of sulfonamides is 2. The predicted octanol–water partition coefficient (Wildman–Crippen LogP) is 5.53. The number of hydrogen-bond acceptors (Lipinski definition) is 16. The number of urea groups is 2. The number of nitrogens with zero attached hydrogens (tertiary/aromatic N) is 2. The van der Waals surface area contributed by atoms with E-state index in [1.807, 2.05) is 38.1 Å². The summed E-state index contributed by atoms with van der Waals surface area (Å²) in [5.41, 5.74) is 18.7. The Bertz CT molecular complexity index is 3010. The molecular weight excluding hydrogens is 1230 g/mol. The molecule has 0 bridgehead atoms. The van der Waals surface area contributed by atoms with Crippen LogP contribution < -0.4 is 51.7 Å². The van der Waals surface area contributed by atoms with E-state index < -0.39 is 43.9 Å². The Kier molecular flexibility index (Phi) is 26.1. The Morgan fingerprint density at radius 1 is 0.545 bits per heavy atom. The first kappa shape index (κ1) is 68.9. The minimum Gasteiger partial charge on any atom is -0.481 e. The standard InChI is InChI=1S/C60H84Cl2F2N10O12S2/c1-39-29-41(61)31-49-47(39)35-53(73-19-5-7-43(65)37-73)57(49)85-55-11-9-45(33-51(55)63)87(77,78)71-17-23-83-27-25-81-21-15-69-59(75)67-13-3-4-14-68-60(76)70-16-22-82-26-28-84-24-18-72-88(79,80)46-10-12-56(52(64)34-46)86-58-50-32-42(62)30-40(2)48(50)36-54(58)74-20-6-8-44(66)38-74/h9-12,29-34,43-44,53-54,57-58,71-72H,3-8,13-28,35-38,65-66H2,1-2H3,(H2,67,69,75)(H2,68,70,76)/t43-,44-,53+,54+,57+,58+/m1/s1. The number of aryl methyl sites for hydroxylation is 2. The molecule has 2 aliphatic carbocycles. The highest BCUT2D eigenvalue weighted by Gasteiger charge is 2.42. The highest BCUT2D eigenvalue weighted by atomic mass is 35.5. The van der Waals surface area contributed by atoms with Gasteiger partial charge in [0, 0.05) is 74.5 Å². The summed E-state index contributed by atoms with van der Waals surface area (Å²) in [5, 5.41) is 12.0. The Labute approximate surface area is 525 Å². The van der Waals surface area contributed by atoms with Crippen LogP contribution in [0.5, 0.6) is 11.5 Å². The summed E-state index contributed by atoms with van der Waals surface area (Å²) in [6, 6.07) is 13.9. The molecule has 8 rings (SSSR count). The topological polar surface area (TPSA) is 288 Å². The van der Waals surface area contributed by atoms with Crippen molar-refractivity contribution in [1.82, 2.24) is 40.5 Å². The molecule has 0 aromatic heterocycles. The molecule has 4 aromatic rings. The van der Waals surface area contributed by atoms with Gasteiger partial charge in [0.1, 0.15) is 12.2 Å². The van der Waals surface area contributed by atoms with Crippen LogP contribution in [0.1, 0.15) is 84.1 Å². The highest BCUT2D eigenvalue weighted by Crippen LogP contribution is 2.44. The van der Waals surface area contributed by atoms with Gasteiger partial charge >= 0.3 is 12.1 Å². The van der Waals surface area contributed by atoms with Gasteiger partial charge in [-0.15, -0.1) is 0 Å². The van der Waals surface area contributed by atoms with Crippen molar-refractivity contribution in [2.75, 3.05) is 118 Å². The van der Waals surface area contributed by atoms with Gasteiger partial charge in [0.15, 0.2) is 23.1 Å². The highest BCUT2D eigenvalue weighted by molar-refractivity contribution is 7.89. The van der Waals surface area contributed by atoms with Gasteiger partial charge < -0.3 is 61.2 Å². The number of piperidine rings is 2. The first-order chi connectivity index (χ1) is 42.3. The van der Waals surface area contributed by atoms with E-state index in [9.17, 15) is 26.4 Å². The minimum atomic E-state index is -4.06. The number of carbonyl (C=O) groups excluding carboxylic acids is 2. The molecule has 0 spiro atoms. The summed E-state index contributed by atoms with van der Waals surface area (Å²) in [4.78, 5) is 28.4. The van der Waals surface area contributed by atoms with E-state index in [2.05, 4.69) is 40.5 Å². The predicted molar refractivity (Wildman–Crippen MR) is 330 cm³/mol. The van der Waals surface area contributed by atoms with Crippen molar-refractivity contribution < 1.29 is 63.6 Å². The fourth-order valence-corrected chi connectivity index (χ4v) is 14.3. The van der Waals surface area contributed by atoms with Crippen LogP contribution in [-0.4, -0.2) is 181 Å². The first-order valence-corrected chi connectivity index (χ1v) is 33.8. The Balaban J connectivity index is 0.591. The zero-order chi connectivity index (χ0) is 62.8. The summed E-state index contributed by atoms with van der Waals surface area (Å²) in [5.74, 6) is -1.74. The van der Waals surface area contributed by atoms with Crippen LogP contribution >= 0.6 is 23.2 Å². The van der Waals surface area contributed by atoms with E-state index in [4.69, 9.17) is 63.1 Å². The molecule has 10 N–H and O–H groups in total. The lowest BCUT2D eigenvalue weighted by atomic mass is 10.0. The monoisotopic (exact) mass is 1310 g/mol. The van der Waals surface area contributed by atoms with Crippen molar-refractivity contribution in [3.05, 3.63) is 116 Å². The van der Waals surface area contributed by atoms with E-state index in [-0.39, 0.29) is 137 Å². The Hall–Kier alpha value is -5.04. The van der Waals surface area contributed by atoms with Gasteiger partial charge in [-0.05, 0) is 172 Å². The molecule has 28 heteroatoms. The molecule has 486 valence electrons. The quantitative estimate of drug-likeness (QED) is 0.0272. The third-order valence-electron chi connectivity index (χ3n) is 16.0. The second kappa shape index (κ2) is 33.3. The average Bonchev–Trinajstić information content (AvgIpc) is 2.85. The summed E-state index contributed by atoms with van der Waals surface area (Å²) in [7, 11) is -8.13. The number of ether oxygens (including phenoxy) is 6. The number of carbonyl (C=O) groups is 2. The van der Waals surface area contributed by atoms with E-state index in [1.165, 1.54) is 24.3 Å². The van der Waals surface area contributed by atoms with Gasteiger partial charge in [-0.1, -0.05) is 23.2 Å². The number of rotatable bonds is 33. The number of nitrogens with one attached hydrogen (secondary N) is 6. The van der Waals surface area contributed by atoms with Gasteiger partial charge in [0.2, 0.25) is 20.0 Å². The van der Waals surface area contributed by atoms with Crippen molar-refractivity contribution in [2.45, 2.75) is 111 Å².